The summed E-state index contributed by atoms with van der Waals surface area (Å²) in [4.78, 5) is 10.4. The normalized spacial score (nSPS) is 11.4. The van der Waals surface area contributed by atoms with Crippen LogP contribution in [0.25, 0.3) is 0 Å². The summed E-state index contributed by atoms with van der Waals surface area (Å²) in [6.07, 6.45) is 0. The summed E-state index contributed by atoms with van der Waals surface area (Å²) in [6.45, 7) is 4.82. The molecule has 0 fully saturated rings. The van der Waals surface area contributed by atoms with Crippen molar-refractivity contribution in [1.29, 1.82) is 0 Å². The molecule has 1 aromatic carbocycles. The lowest BCUT2D eigenvalue weighted by molar-refractivity contribution is -0.136. The van der Waals surface area contributed by atoms with Gasteiger partial charge in [0.1, 0.15) is 0 Å². The third-order valence-electron chi connectivity index (χ3n) is 2.47. The highest BCUT2D eigenvalue weighted by Gasteiger charge is 2.20. The molecule has 16 heavy (non-hydrogen) atoms. The van der Waals surface area contributed by atoms with Crippen molar-refractivity contribution < 1.29 is 9.90 Å². The van der Waals surface area contributed by atoms with Crippen LogP contribution in [0.4, 0.5) is 0 Å². The van der Waals surface area contributed by atoms with Crippen molar-refractivity contribution in [3.05, 3.63) is 34.3 Å². The lowest BCUT2D eigenvalue weighted by atomic mass is 9.85. The van der Waals surface area contributed by atoms with Crippen molar-refractivity contribution in [3.8, 4) is 0 Å². The molecular weight excluding hydrogens is 270 g/mol. The third kappa shape index (κ3) is 3.94. The maximum Gasteiger partial charge on any atom is 0.317 e. The van der Waals surface area contributed by atoms with Gasteiger partial charge in [0.15, 0.2) is 0 Å². The van der Waals surface area contributed by atoms with Crippen LogP contribution in [0.2, 0.25) is 0 Å². The van der Waals surface area contributed by atoms with E-state index in [1.807, 2.05) is 24.3 Å². The molecule has 0 radical (unpaired) electrons. The van der Waals surface area contributed by atoms with Gasteiger partial charge in [-0.3, -0.25) is 4.79 Å². The fourth-order valence-corrected chi connectivity index (χ4v) is 1.75. The minimum atomic E-state index is -0.827. The highest BCUT2D eigenvalue weighted by molar-refractivity contribution is 9.10. The molecule has 2 N–H and O–H groups in total. The Morgan fingerprint density at radius 3 is 2.44 bits per heavy atom. The number of nitrogens with one attached hydrogen (secondary N) is 1. The van der Waals surface area contributed by atoms with Gasteiger partial charge >= 0.3 is 5.97 Å². The average Bonchev–Trinajstić information content (AvgIpc) is 2.17. The Morgan fingerprint density at radius 1 is 1.38 bits per heavy atom. The lowest BCUT2D eigenvalue weighted by Gasteiger charge is -2.25. The molecule has 1 aromatic rings. The molecule has 3 nitrogen and oxygen atoms in total. The number of aliphatic carboxylic acids is 1. The van der Waals surface area contributed by atoms with E-state index >= 15 is 0 Å². The van der Waals surface area contributed by atoms with Crippen LogP contribution < -0.4 is 5.32 Å². The quantitative estimate of drug-likeness (QED) is 0.874. The van der Waals surface area contributed by atoms with Crippen LogP contribution in [0, 0.1) is 0 Å². The number of hydrogen-bond acceptors (Lipinski definition) is 2. The summed E-state index contributed by atoms with van der Waals surface area (Å²) in [7, 11) is 0. The van der Waals surface area contributed by atoms with Crippen LogP contribution in [-0.4, -0.2) is 24.2 Å². The standard InChI is InChI=1S/C12H16BrNO2/c1-12(2,8-14-7-11(15)16)9-3-5-10(13)6-4-9/h3-6,14H,7-8H2,1-2H3,(H,15,16). The maximum atomic E-state index is 10.4. The van der Waals surface area contributed by atoms with Crippen LogP contribution in [0.3, 0.4) is 0 Å². The molecule has 0 unspecified atom stereocenters. The smallest absolute Gasteiger partial charge is 0.317 e. The minimum absolute atomic E-state index is 0.0000417. The van der Waals surface area contributed by atoms with Crippen molar-refractivity contribution in [1.82, 2.24) is 5.32 Å². The highest BCUT2D eigenvalue weighted by atomic mass is 79.9. The number of hydrogen-bond donors (Lipinski definition) is 2. The summed E-state index contributed by atoms with van der Waals surface area (Å²) < 4.78 is 1.05. The molecule has 0 atom stereocenters. The van der Waals surface area contributed by atoms with Gasteiger partial charge < -0.3 is 10.4 Å². The Morgan fingerprint density at radius 2 is 1.94 bits per heavy atom. The van der Waals surface area contributed by atoms with Gasteiger partial charge in [-0.1, -0.05) is 41.9 Å². The van der Waals surface area contributed by atoms with Crippen LogP contribution in [0.1, 0.15) is 19.4 Å². The predicted molar refractivity (Wildman–Crippen MR) is 67.7 cm³/mol. The molecule has 0 bridgehead atoms. The van der Waals surface area contributed by atoms with Crippen LogP contribution in [-0.2, 0) is 10.2 Å². The second-order valence-corrected chi connectivity index (χ2v) is 5.30. The van der Waals surface area contributed by atoms with Crippen LogP contribution >= 0.6 is 15.9 Å². The van der Waals surface area contributed by atoms with Crippen molar-refractivity contribution >= 4 is 21.9 Å². The van der Waals surface area contributed by atoms with E-state index in [9.17, 15) is 4.79 Å². The minimum Gasteiger partial charge on any atom is -0.480 e. The Balaban J connectivity index is 2.62. The first-order chi connectivity index (χ1) is 7.42. The maximum absolute atomic E-state index is 10.4. The zero-order valence-corrected chi connectivity index (χ0v) is 11.0. The molecule has 1 rings (SSSR count). The second kappa shape index (κ2) is 5.46. The topological polar surface area (TPSA) is 49.3 Å². The summed E-state index contributed by atoms with van der Waals surface area (Å²) >= 11 is 3.39. The molecule has 0 saturated heterocycles. The fourth-order valence-electron chi connectivity index (χ4n) is 1.49. The van der Waals surface area contributed by atoms with Crippen molar-refractivity contribution in [3.63, 3.8) is 0 Å². The van der Waals surface area contributed by atoms with E-state index in [1.54, 1.807) is 0 Å². The molecule has 0 aromatic heterocycles. The molecule has 0 amide bonds. The van der Waals surface area contributed by atoms with Gasteiger partial charge in [0.2, 0.25) is 0 Å². The van der Waals surface area contributed by atoms with Gasteiger partial charge in [-0.2, -0.15) is 0 Å². The Hall–Kier alpha value is -0.870. The van der Waals surface area contributed by atoms with E-state index in [2.05, 4.69) is 35.1 Å². The summed E-state index contributed by atoms with van der Waals surface area (Å²) in [6, 6.07) is 8.08. The Labute approximate surface area is 104 Å². The van der Waals surface area contributed by atoms with Gasteiger partial charge in [-0.05, 0) is 17.7 Å². The van der Waals surface area contributed by atoms with E-state index in [0.29, 0.717) is 6.54 Å². The van der Waals surface area contributed by atoms with E-state index in [0.717, 1.165) is 4.47 Å². The number of carboxylic acid groups (broad SMARTS) is 1. The largest absolute Gasteiger partial charge is 0.480 e. The zero-order chi connectivity index (χ0) is 12.2. The molecule has 88 valence electrons. The van der Waals surface area contributed by atoms with Gasteiger partial charge in [0.25, 0.3) is 0 Å². The second-order valence-electron chi connectivity index (χ2n) is 4.39. The van der Waals surface area contributed by atoms with Gasteiger partial charge in [0, 0.05) is 16.4 Å². The van der Waals surface area contributed by atoms with E-state index in [1.165, 1.54) is 5.56 Å². The molecule has 0 saturated carbocycles. The molecule has 0 aliphatic carbocycles. The van der Waals surface area contributed by atoms with Gasteiger partial charge in [-0.25, -0.2) is 0 Å². The molecule has 0 heterocycles. The van der Waals surface area contributed by atoms with E-state index in [-0.39, 0.29) is 12.0 Å². The summed E-state index contributed by atoms with van der Waals surface area (Å²) in [5, 5.41) is 11.5. The number of carbonyl (C=O) groups is 1. The monoisotopic (exact) mass is 285 g/mol. The summed E-state index contributed by atoms with van der Waals surface area (Å²) in [5.74, 6) is -0.827. The molecule has 0 aliphatic rings. The first-order valence-corrected chi connectivity index (χ1v) is 5.90. The van der Waals surface area contributed by atoms with E-state index < -0.39 is 5.97 Å². The lowest BCUT2D eigenvalue weighted by Crippen LogP contribution is -2.35. The van der Waals surface area contributed by atoms with Crippen LogP contribution in [0.15, 0.2) is 28.7 Å². The van der Waals surface area contributed by atoms with E-state index in [4.69, 9.17) is 5.11 Å². The summed E-state index contributed by atoms with van der Waals surface area (Å²) in [5.41, 5.74) is 1.12. The molecule has 0 aliphatic heterocycles. The SMILES string of the molecule is CC(C)(CNCC(=O)O)c1ccc(Br)cc1. The van der Waals surface area contributed by atoms with Crippen molar-refractivity contribution in [2.45, 2.75) is 19.3 Å². The number of rotatable bonds is 5. The van der Waals surface area contributed by atoms with Crippen molar-refractivity contribution in [2.75, 3.05) is 13.1 Å². The average molecular weight is 286 g/mol. The third-order valence-corrected chi connectivity index (χ3v) is 3.00. The first kappa shape index (κ1) is 13.2. The highest BCUT2D eigenvalue weighted by Crippen LogP contribution is 2.23. The fraction of sp³-hybridized carbons (Fsp3) is 0.417. The molecule has 4 heteroatoms. The number of benzene rings is 1. The number of halogens is 1. The molecule has 0 spiro atoms. The molecular formula is C12H16BrNO2. The zero-order valence-electron chi connectivity index (χ0n) is 9.46. The van der Waals surface area contributed by atoms with Gasteiger partial charge in [0.05, 0.1) is 6.54 Å². The Bertz CT molecular complexity index is 360. The number of carboxylic acids is 1. The Kier molecular flexibility index (Phi) is 4.50. The predicted octanol–water partition coefficient (Wildman–Crippen LogP) is 2.40. The van der Waals surface area contributed by atoms with Crippen LogP contribution in [0.5, 0.6) is 0 Å². The van der Waals surface area contributed by atoms with Gasteiger partial charge in [-0.15, -0.1) is 0 Å². The first-order valence-electron chi connectivity index (χ1n) is 5.10. The van der Waals surface area contributed by atoms with Crippen molar-refractivity contribution in [2.24, 2.45) is 0 Å².